The Morgan fingerprint density at radius 2 is 1.85 bits per heavy atom. The summed E-state index contributed by atoms with van der Waals surface area (Å²) in [5.41, 5.74) is -0.210. The molecule has 0 aliphatic rings. The molecule has 1 atom stereocenters. The van der Waals surface area contributed by atoms with Crippen LogP contribution in [0.3, 0.4) is 0 Å². The van der Waals surface area contributed by atoms with Gasteiger partial charge in [0.05, 0.1) is 5.69 Å². The lowest BCUT2D eigenvalue weighted by Crippen LogP contribution is -2.30. The molecule has 1 amide bonds. The third-order valence-corrected chi connectivity index (χ3v) is 2.61. The first kappa shape index (κ1) is 14.0. The number of carbonyl (C=O) groups is 1. The third kappa shape index (κ3) is 3.54. The van der Waals surface area contributed by atoms with Crippen molar-refractivity contribution in [2.75, 3.05) is 5.32 Å². The van der Waals surface area contributed by atoms with Gasteiger partial charge in [-0.2, -0.15) is 0 Å². The predicted molar refractivity (Wildman–Crippen MR) is 71.5 cm³/mol. The summed E-state index contributed by atoms with van der Waals surface area (Å²) in [6.45, 7) is 1.53. The van der Waals surface area contributed by atoms with Crippen molar-refractivity contribution in [3.05, 3.63) is 60.2 Å². The Morgan fingerprint density at radius 1 is 1.15 bits per heavy atom. The molecule has 5 heteroatoms. The van der Waals surface area contributed by atoms with E-state index < -0.39 is 23.6 Å². The van der Waals surface area contributed by atoms with Gasteiger partial charge in [-0.3, -0.25) is 4.79 Å². The number of rotatable bonds is 4. The molecule has 2 rings (SSSR count). The molecule has 2 aromatic carbocycles. The quantitative estimate of drug-likeness (QED) is 0.930. The molecule has 0 fully saturated rings. The summed E-state index contributed by atoms with van der Waals surface area (Å²) < 4.78 is 31.8. The zero-order valence-electron chi connectivity index (χ0n) is 10.8. The standard InChI is InChI=1S/C15H13F2NO2/c1-10(20-12-5-3-2-4-6-12)15(19)18-14-9-11(16)7-8-13(14)17/h2-10H,1H3,(H,18,19)/t10-/m1/s1. The van der Waals surface area contributed by atoms with Gasteiger partial charge in [-0.25, -0.2) is 8.78 Å². The Hall–Kier alpha value is -2.43. The molecule has 20 heavy (non-hydrogen) atoms. The van der Waals surface area contributed by atoms with Crippen LogP contribution in [0.5, 0.6) is 5.75 Å². The van der Waals surface area contributed by atoms with Crippen molar-refractivity contribution in [2.24, 2.45) is 0 Å². The largest absolute Gasteiger partial charge is 0.481 e. The highest BCUT2D eigenvalue weighted by Gasteiger charge is 2.16. The van der Waals surface area contributed by atoms with Gasteiger partial charge < -0.3 is 10.1 Å². The Bertz CT molecular complexity index is 602. The van der Waals surface area contributed by atoms with Crippen molar-refractivity contribution in [3.63, 3.8) is 0 Å². The Labute approximate surface area is 115 Å². The molecule has 0 saturated heterocycles. The van der Waals surface area contributed by atoms with Crippen LogP contribution in [0.4, 0.5) is 14.5 Å². The number of carbonyl (C=O) groups excluding carboxylic acids is 1. The average molecular weight is 277 g/mol. The van der Waals surface area contributed by atoms with Crippen LogP contribution in [0.15, 0.2) is 48.5 Å². The van der Waals surface area contributed by atoms with Crippen LogP contribution in [0.25, 0.3) is 0 Å². The van der Waals surface area contributed by atoms with Gasteiger partial charge in [0.2, 0.25) is 0 Å². The van der Waals surface area contributed by atoms with Gasteiger partial charge in [-0.05, 0) is 31.2 Å². The lowest BCUT2D eigenvalue weighted by Gasteiger charge is -2.15. The fourth-order valence-corrected chi connectivity index (χ4v) is 1.58. The zero-order chi connectivity index (χ0) is 14.5. The maximum absolute atomic E-state index is 13.4. The average Bonchev–Trinajstić information content (AvgIpc) is 2.44. The molecule has 0 bridgehead atoms. The third-order valence-electron chi connectivity index (χ3n) is 2.61. The summed E-state index contributed by atoms with van der Waals surface area (Å²) >= 11 is 0. The number of hydrogen-bond donors (Lipinski definition) is 1. The van der Waals surface area contributed by atoms with Gasteiger partial charge in [0.1, 0.15) is 17.4 Å². The van der Waals surface area contributed by atoms with E-state index in [2.05, 4.69) is 5.32 Å². The molecule has 3 nitrogen and oxygen atoms in total. The molecule has 0 spiro atoms. The number of benzene rings is 2. The SMILES string of the molecule is C[C@@H](Oc1ccccc1)C(=O)Nc1cc(F)ccc1F. The summed E-state index contributed by atoms with van der Waals surface area (Å²) in [5, 5.41) is 2.29. The minimum absolute atomic E-state index is 0.210. The Kier molecular flexibility index (Phi) is 4.30. The number of para-hydroxylation sites is 1. The molecule has 2 aromatic rings. The maximum atomic E-state index is 13.4. The van der Waals surface area contributed by atoms with E-state index in [0.29, 0.717) is 5.75 Å². The summed E-state index contributed by atoms with van der Waals surface area (Å²) in [4.78, 5) is 11.9. The summed E-state index contributed by atoms with van der Waals surface area (Å²) in [6.07, 6.45) is -0.833. The Morgan fingerprint density at radius 3 is 2.55 bits per heavy atom. The second-order valence-corrected chi connectivity index (χ2v) is 4.19. The summed E-state index contributed by atoms with van der Waals surface area (Å²) in [6, 6.07) is 11.6. The van der Waals surface area contributed by atoms with E-state index in [9.17, 15) is 13.6 Å². The number of nitrogens with one attached hydrogen (secondary N) is 1. The van der Waals surface area contributed by atoms with Crippen LogP contribution in [0.2, 0.25) is 0 Å². The lowest BCUT2D eigenvalue weighted by molar-refractivity contribution is -0.122. The molecule has 0 radical (unpaired) electrons. The van der Waals surface area contributed by atoms with Crippen molar-refractivity contribution < 1.29 is 18.3 Å². The predicted octanol–water partition coefficient (Wildman–Crippen LogP) is 3.37. The zero-order valence-corrected chi connectivity index (χ0v) is 10.8. The molecule has 0 aromatic heterocycles. The van der Waals surface area contributed by atoms with Crippen LogP contribution in [-0.2, 0) is 4.79 Å². The van der Waals surface area contributed by atoms with E-state index in [1.165, 1.54) is 6.92 Å². The van der Waals surface area contributed by atoms with Gasteiger partial charge in [-0.15, -0.1) is 0 Å². The molecule has 0 unspecified atom stereocenters. The van der Waals surface area contributed by atoms with Gasteiger partial charge >= 0.3 is 0 Å². The number of hydrogen-bond acceptors (Lipinski definition) is 2. The topological polar surface area (TPSA) is 38.3 Å². The number of halogens is 2. The highest BCUT2D eigenvalue weighted by atomic mass is 19.1. The molecule has 0 aliphatic carbocycles. The van der Waals surface area contributed by atoms with E-state index >= 15 is 0 Å². The highest BCUT2D eigenvalue weighted by molar-refractivity contribution is 5.94. The van der Waals surface area contributed by atoms with Crippen molar-refractivity contribution in [2.45, 2.75) is 13.0 Å². The fourth-order valence-electron chi connectivity index (χ4n) is 1.58. The van der Waals surface area contributed by atoms with Gasteiger partial charge in [0.15, 0.2) is 6.10 Å². The second kappa shape index (κ2) is 6.14. The van der Waals surface area contributed by atoms with E-state index in [1.54, 1.807) is 24.3 Å². The van der Waals surface area contributed by atoms with Crippen LogP contribution < -0.4 is 10.1 Å². The smallest absolute Gasteiger partial charge is 0.265 e. The highest BCUT2D eigenvalue weighted by Crippen LogP contribution is 2.16. The first-order valence-electron chi connectivity index (χ1n) is 6.04. The normalized spacial score (nSPS) is 11.8. The number of anilines is 1. The van der Waals surface area contributed by atoms with E-state index in [-0.39, 0.29) is 5.69 Å². The van der Waals surface area contributed by atoms with Gasteiger partial charge in [0.25, 0.3) is 5.91 Å². The van der Waals surface area contributed by atoms with E-state index in [0.717, 1.165) is 18.2 Å². The van der Waals surface area contributed by atoms with Crippen molar-refractivity contribution in [3.8, 4) is 5.75 Å². The molecule has 104 valence electrons. The monoisotopic (exact) mass is 277 g/mol. The van der Waals surface area contributed by atoms with E-state index in [1.807, 2.05) is 6.07 Å². The van der Waals surface area contributed by atoms with Gasteiger partial charge in [0, 0.05) is 6.07 Å². The molecular weight excluding hydrogens is 264 g/mol. The van der Waals surface area contributed by atoms with Crippen LogP contribution >= 0.6 is 0 Å². The van der Waals surface area contributed by atoms with Crippen LogP contribution in [-0.4, -0.2) is 12.0 Å². The van der Waals surface area contributed by atoms with Crippen LogP contribution in [0, 0.1) is 11.6 Å². The molecule has 0 saturated carbocycles. The molecule has 0 aliphatic heterocycles. The first-order valence-corrected chi connectivity index (χ1v) is 6.04. The van der Waals surface area contributed by atoms with Gasteiger partial charge in [-0.1, -0.05) is 18.2 Å². The van der Waals surface area contributed by atoms with E-state index in [4.69, 9.17) is 4.74 Å². The summed E-state index contributed by atoms with van der Waals surface area (Å²) in [5.74, 6) is -1.36. The minimum Gasteiger partial charge on any atom is -0.481 e. The van der Waals surface area contributed by atoms with Crippen molar-refractivity contribution >= 4 is 11.6 Å². The fraction of sp³-hybridized carbons (Fsp3) is 0.133. The van der Waals surface area contributed by atoms with Crippen LogP contribution in [0.1, 0.15) is 6.92 Å². The number of ether oxygens (including phenoxy) is 1. The lowest BCUT2D eigenvalue weighted by atomic mass is 10.2. The van der Waals surface area contributed by atoms with Crippen molar-refractivity contribution in [1.82, 2.24) is 0 Å². The second-order valence-electron chi connectivity index (χ2n) is 4.19. The molecule has 1 N–H and O–H groups in total. The molecular formula is C15H13F2NO2. The maximum Gasteiger partial charge on any atom is 0.265 e. The number of amides is 1. The molecule has 0 heterocycles. The Balaban J connectivity index is 2.02. The minimum atomic E-state index is -0.833. The summed E-state index contributed by atoms with van der Waals surface area (Å²) in [7, 11) is 0. The van der Waals surface area contributed by atoms with Crippen molar-refractivity contribution in [1.29, 1.82) is 0 Å². The first-order chi connectivity index (χ1) is 9.56.